The lowest BCUT2D eigenvalue weighted by Gasteiger charge is -2.26. The van der Waals surface area contributed by atoms with Gasteiger partial charge in [0.2, 0.25) is 0 Å². The first kappa shape index (κ1) is 18.6. The smallest absolute Gasteiger partial charge is 0.487 e. The SMILES string of the molecule is CCOc1ccccc1[NH+]=C(O)O[C@@H]1CCCCC[C@@H]1CN(C)C. The van der Waals surface area contributed by atoms with E-state index in [1.54, 1.807) is 0 Å². The minimum atomic E-state index is -0.141. The van der Waals surface area contributed by atoms with Crippen molar-refractivity contribution in [3.8, 4) is 5.75 Å². The molecule has 0 saturated heterocycles. The average Bonchev–Trinajstić information content (AvgIpc) is 2.74. The van der Waals surface area contributed by atoms with E-state index in [1.807, 2.05) is 31.2 Å². The second kappa shape index (κ2) is 9.52. The van der Waals surface area contributed by atoms with Crippen molar-refractivity contribution in [3.63, 3.8) is 0 Å². The number of rotatable bonds is 6. The molecule has 0 aliphatic heterocycles. The van der Waals surface area contributed by atoms with Gasteiger partial charge in [-0.05, 0) is 46.3 Å². The van der Waals surface area contributed by atoms with Crippen LogP contribution >= 0.6 is 0 Å². The summed E-state index contributed by atoms with van der Waals surface area (Å²) in [4.78, 5) is 5.14. The van der Waals surface area contributed by atoms with E-state index in [4.69, 9.17) is 9.47 Å². The summed E-state index contributed by atoms with van der Waals surface area (Å²) in [5.74, 6) is 1.15. The van der Waals surface area contributed by atoms with Gasteiger partial charge in [0.25, 0.3) is 5.69 Å². The van der Waals surface area contributed by atoms with E-state index in [1.165, 1.54) is 12.8 Å². The van der Waals surface area contributed by atoms with E-state index in [9.17, 15) is 5.11 Å². The van der Waals surface area contributed by atoms with Crippen molar-refractivity contribution in [2.75, 3.05) is 27.2 Å². The van der Waals surface area contributed by atoms with Crippen molar-refractivity contribution in [1.82, 2.24) is 4.90 Å². The number of nitrogens with zero attached hydrogens (tertiary/aromatic N) is 1. The third kappa shape index (κ3) is 5.71. The van der Waals surface area contributed by atoms with Gasteiger partial charge in [-0.3, -0.25) is 0 Å². The molecule has 2 N–H and O–H groups in total. The highest BCUT2D eigenvalue weighted by atomic mass is 16.6. The van der Waals surface area contributed by atoms with Gasteiger partial charge >= 0.3 is 6.08 Å². The molecule has 5 nitrogen and oxygen atoms in total. The lowest BCUT2D eigenvalue weighted by Crippen LogP contribution is -2.68. The van der Waals surface area contributed by atoms with Gasteiger partial charge in [0.15, 0.2) is 5.75 Å². The van der Waals surface area contributed by atoms with Crippen LogP contribution in [-0.2, 0) is 4.74 Å². The molecule has 5 heteroatoms. The third-order valence-corrected chi connectivity index (χ3v) is 4.38. The van der Waals surface area contributed by atoms with Gasteiger partial charge in [-0.15, -0.1) is 4.99 Å². The van der Waals surface area contributed by atoms with Crippen LogP contribution < -0.4 is 9.73 Å². The molecule has 0 unspecified atom stereocenters. The Balaban J connectivity index is 2.09. The Bertz CT molecular complexity index is 531. The maximum Gasteiger partial charge on any atom is 0.551 e. The topological polar surface area (TPSA) is 55.9 Å². The van der Waals surface area contributed by atoms with E-state index < -0.39 is 0 Å². The molecule has 1 aromatic carbocycles. The van der Waals surface area contributed by atoms with Crippen LogP contribution in [0.2, 0.25) is 0 Å². The first-order chi connectivity index (χ1) is 11.6. The van der Waals surface area contributed by atoms with Gasteiger partial charge in [0.1, 0.15) is 6.10 Å². The van der Waals surface area contributed by atoms with Gasteiger partial charge < -0.3 is 19.5 Å². The molecular formula is C19H31N2O3+. The predicted molar refractivity (Wildman–Crippen MR) is 95.9 cm³/mol. The number of hydrogen-bond acceptors (Lipinski definition) is 3. The van der Waals surface area contributed by atoms with Gasteiger partial charge in [-0.2, -0.15) is 0 Å². The highest BCUT2D eigenvalue weighted by Crippen LogP contribution is 2.26. The summed E-state index contributed by atoms with van der Waals surface area (Å²) in [6.45, 7) is 3.50. The normalized spacial score (nSPS) is 22.2. The van der Waals surface area contributed by atoms with Gasteiger partial charge in [0.05, 0.1) is 6.61 Å². The summed E-state index contributed by atoms with van der Waals surface area (Å²) in [6.07, 6.45) is 5.66. The number of para-hydroxylation sites is 2. The molecular weight excluding hydrogens is 304 g/mol. The van der Waals surface area contributed by atoms with Crippen LogP contribution in [0.3, 0.4) is 0 Å². The van der Waals surface area contributed by atoms with Crippen LogP contribution in [0, 0.1) is 5.92 Å². The molecule has 1 aliphatic carbocycles. The zero-order valence-electron chi connectivity index (χ0n) is 15.1. The molecule has 1 aromatic rings. The zero-order valence-corrected chi connectivity index (χ0v) is 15.1. The molecule has 0 amide bonds. The summed E-state index contributed by atoms with van der Waals surface area (Å²) in [7, 11) is 4.17. The van der Waals surface area contributed by atoms with Crippen LogP contribution in [0.1, 0.15) is 39.0 Å². The lowest BCUT2D eigenvalue weighted by atomic mass is 9.97. The van der Waals surface area contributed by atoms with E-state index in [-0.39, 0.29) is 12.2 Å². The monoisotopic (exact) mass is 335 g/mol. The van der Waals surface area contributed by atoms with Crippen LogP contribution in [0.15, 0.2) is 24.3 Å². The van der Waals surface area contributed by atoms with Crippen molar-refractivity contribution in [2.45, 2.75) is 45.1 Å². The van der Waals surface area contributed by atoms with Crippen molar-refractivity contribution in [3.05, 3.63) is 24.3 Å². The maximum absolute atomic E-state index is 10.3. The number of hydrogen-bond donors (Lipinski definition) is 2. The Labute approximate surface area is 145 Å². The number of nitrogens with one attached hydrogen (secondary N) is 1. The van der Waals surface area contributed by atoms with Crippen molar-refractivity contribution in [2.24, 2.45) is 5.92 Å². The molecule has 0 heterocycles. The fourth-order valence-electron chi connectivity index (χ4n) is 3.32. The molecule has 0 bridgehead atoms. The highest BCUT2D eigenvalue weighted by molar-refractivity contribution is 5.60. The standard InChI is InChI=1S/C19H30N2O3/c1-4-23-18-13-9-8-11-16(18)20-19(22)24-17-12-7-5-6-10-15(17)14-21(2)3/h8-9,11,13,15,17H,4-7,10,12,14H2,1-3H3,(H,20,22)/p+1/t15-,17-/m1/s1. The molecule has 2 atom stereocenters. The van der Waals surface area contributed by atoms with Gasteiger partial charge in [0, 0.05) is 18.5 Å². The van der Waals surface area contributed by atoms with Crippen LogP contribution in [0.5, 0.6) is 5.75 Å². The van der Waals surface area contributed by atoms with E-state index in [0.717, 1.165) is 31.5 Å². The predicted octanol–water partition coefficient (Wildman–Crippen LogP) is 2.24. The molecule has 1 saturated carbocycles. The summed E-state index contributed by atoms with van der Waals surface area (Å²) in [5, 5.41) is 10.3. The van der Waals surface area contributed by atoms with Gasteiger partial charge in [-0.25, -0.2) is 0 Å². The fraction of sp³-hybridized carbons (Fsp3) is 0.632. The van der Waals surface area contributed by atoms with Crippen molar-refractivity contribution >= 4 is 11.8 Å². The average molecular weight is 335 g/mol. The fourth-order valence-corrected chi connectivity index (χ4v) is 3.32. The van der Waals surface area contributed by atoms with Gasteiger partial charge in [-0.1, -0.05) is 25.0 Å². The number of benzene rings is 1. The highest BCUT2D eigenvalue weighted by Gasteiger charge is 2.28. The first-order valence-corrected chi connectivity index (χ1v) is 8.96. The maximum atomic E-state index is 10.3. The second-order valence-corrected chi connectivity index (χ2v) is 6.68. The summed E-state index contributed by atoms with van der Waals surface area (Å²) in [6, 6.07) is 7.56. The quantitative estimate of drug-likeness (QED) is 0.476. The Morgan fingerprint density at radius 3 is 2.71 bits per heavy atom. The summed E-state index contributed by atoms with van der Waals surface area (Å²) < 4.78 is 11.5. The number of ether oxygens (including phenoxy) is 2. The van der Waals surface area contributed by atoms with E-state index in [0.29, 0.717) is 18.3 Å². The van der Waals surface area contributed by atoms with Crippen molar-refractivity contribution < 1.29 is 19.6 Å². The Kier molecular flexibility index (Phi) is 7.37. The molecule has 0 aromatic heterocycles. The largest absolute Gasteiger partial charge is 0.551 e. The minimum Gasteiger partial charge on any atom is -0.487 e. The summed E-state index contributed by atoms with van der Waals surface area (Å²) >= 11 is 0. The second-order valence-electron chi connectivity index (χ2n) is 6.68. The van der Waals surface area contributed by atoms with Crippen molar-refractivity contribution in [1.29, 1.82) is 0 Å². The Morgan fingerprint density at radius 2 is 1.96 bits per heavy atom. The van der Waals surface area contributed by atoms with E-state index >= 15 is 0 Å². The molecule has 24 heavy (non-hydrogen) atoms. The number of aliphatic hydroxyl groups is 1. The molecule has 0 spiro atoms. The Morgan fingerprint density at radius 1 is 1.21 bits per heavy atom. The Hall–Kier alpha value is -1.75. The lowest BCUT2D eigenvalue weighted by molar-refractivity contribution is -0.385. The zero-order chi connectivity index (χ0) is 17.4. The van der Waals surface area contributed by atoms with Crippen LogP contribution in [0.4, 0.5) is 5.69 Å². The number of aliphatic hydroxyl groups excluding tert-OH is 1. The van der Waals surface area contributed by atoms with Crippen LogP contribution in [-0.4, -0.2) is 49.4 Å². The molecule has 1 aliphatic rings. The van der Waals surface area contributed by atoms with E-state index in [2.05, 4.69) is 24.0 Å². The molecule has 134 valence electrons. The molecule has 1 fully saturated rings. The summed E-state index contributed by atoms with van der Waals surface area (Å²) in [5.41, 5.74) is 0.717. The molecule has 2 rings (SSSR count). The minimum absolute atomic E-state index is 0.0432. The first-order valence-electron chi connectivity index (χ1n) is 8.96. The molecule has 0 radical (unpaired) electrons. The third-order valence-electron chi connectivity index (χ3n) is 4.38. The van der Waals surface area contributed by atoms with Crippen LogP contribution in [0.25, 0.3) is 0 Å².